The second-order valence-corrected chi connectivity index (χ2v) is 9.76. The minimum Gasteiger partial charge on any atom is -0.383 e. The van der Waals surface area contributed by atoms with E-state index in [0.717, 1.165) is 0 Å². The van der Waals surface area contributed by atoms with Crippen molar-refractivity contribution in [2.75, 3.05) is 51.9 Å². The maximum atomic E-state index is 13.0. The Morgan fingerprint density at radius 3 is 2.65 bits per heavy atom. The Morgan fingerprint density at radius 1 is 1.24 bits per heavy atom. The van der Waals surface area contributed by atoms with Gasteiger partial charge < -0.3 is 29.3 Å². The van der Waals surface area contributed by atoms with E-state index in [2.05, 4.69) is 10.3 Å². The number of hydrogen-bond donors (Lipinski definition) is 1. The van der Waals surface area contributed by atoms with Gasteiger partial charge in [0.05, 0.1) is 36.4 Å². The fourth-order valence-electron chi connectivity index (χ4n) is 3.87. The summed E-state index contributed by atoms with van der Waals surface area (Å²) in [7, 11) is 1.57. The Morgan fingerprint density at radius 2 is 1.97 bits per heavy atom. The van der Waals surface area contributed by atoms with Gasteiger partial charge in [-0.25, -0.2) is 9.78 Å². The number of halogens is 2. The summed E-state index contributed by atoms with van der Waals surface area (Å²) in [5.74, 6) is -0.660. The fourth-order valence-corrected chi connectivity index (χ4v) is 4.95. The number of hydrogen-bond acceptors (Lipinski definition) is 7. The van der Waals surface area contributed by atoms with Crippen LogP contribution in [0.1, 0.15) is 28.3 Å². The van der Waals surface area contributed by atoms with Gasteiger partial charge in [-0.15, -0.1) is 11.3 Å². The number of nitrogens with zero attached hydrogens (tertiary/aromatic N) is 3. The molecule has 2 saturated heterocycles. The van der Waals surface area contributed by atoms with Gasteiger partial charge in [-0.1, -0.05) is 23.2 Å². The van der Waals surface area contributed by atoms with Gasteiger partial charge in [0.25, 0.3) is 5.91 Å². The van der Waals surface area contributed by atoms with Gasteiger partial charge in [-0.3, -0.25) is 4.79 Å². The first-order valence-corrected chi connectivity index (χ1v) is 12.5. The monoisotopic (exact) mass is 528 g/mol. The summed E-state index contributed by atoms with van der Waals surface area (Å²) in [4.78, 5) is 33.7. The predicted molar refractivity (Wildman–Crippen MR) is 130 cm³/mol. The number of aromatic nitrogens is 1. The van der Waals surface area contributed by atoms with Crippen molar-refractivity contribution in [2.24, 2.45) is 0 Å². The summed E-state index contributed by atoms with van der Waals surface area (Å²) in [6, 6.07) is 4.54. The molecule has 2 aromatic rings. The molecule has 0 unspecified atom stereocenters. The van der Waals surface area contributed by atoms with Crippen LogP contribution in [0.2, 0.25) is 10.0 Å². The number of piperidine rings is 1. The molecule has 2 fully saturated rings. The van der Waals surface area contributed by atoms with Gasteiger partial charge >= 0.3 is 6.03 Å². The first-order chi connectivity index (χ1) is 16.4. The van der Waals surface area contributed by atoms with Crippen molar-refractivity contribution in [2.45, 2.75) is 25.2 Å². The molecule has 3 heterocycles. The lowest BCUT2D eigenvalue weighted by molar-refractivity contribution is -0.181. The van der Waals surface area contributed by atoms with Gasteiger partial charge in [0, 0.05) is 50.7 Å². The SMILES string of the molecule is COCCN(Cc1nc(C(=O)N2CCC3(CC2)OCCO3)cs1)C(=O)Nc1ccc(Cl)c(Cl)c1. The molecule has 12 heteroatoms. The molecule has 3 amide bonds. The lowest BCUT2D eigenvalue weighted by Crippen LogP contribution is -2.47. The molecule has 184 valence electrons. The summed E-state index contributed by atoms with van der Waals surface area (Å²) < 4.78 is 16.6. The van der Waals surface area contributed by atoms with E-state index >= 15 is 0 Å². The van der Waals surface area contributed by atoms with Crippen LogP contribution in [0.3, 0.4) is 0 Å². The summed E-state index contributed by atoms with van der Waals surface area (Å²) in [5.41, 5.74) is 0.899. The second kappa shape index (κ2) is 11.2. The molecular formula is C22H26Cl2N4O5S. The van der Waals surface area contributed by atoms with Crippen LogP contribution in [0.4, 0.5) is 10.5 Å². The molecule has 2 aliphatic heterocycles. The van der Waals surface area contributed by atoms with Crippen LogP contribution in [-0.4, -0.2) is 79.1 Å². The summed E-state index contributed by atoms with van der Waals surface area (Å²) >= 11 is 13.3. The topological polar surface area (TPSA) is 93.2 Å². The number of amides is 3. The van der Waals surface area contributed by atoms with Crippen molar-refractivity contribution in [1.29, 1.82) is 0 Å². The molecule has 0 saturated carbocycles. The van der Waals surface area contributed by atoms with E-state index in [9.17, 15) is 9.59 Å². The average molecular weight is 529 g/mol. The highest BCUT2D eigenvalue weighted by Gasteiger charge is 2.41. The zero-order chi connectivity index (χ0) is 24.1. The molecule has 0 bridgehead atoms. The molecule has 1 spiro atoms. The van der Waals surface area contributed by atoms with Crippen molar-refractivity contribution in [3.05, 3.63) is 44.3 Å². The number of likely N-dealkylation sites (tertiary alicyclic amines) is 1. The Kier molecular flexibility index (Phi) is 8.28. The van der Waals surface area contributed by atoms with Crippen LogP contribution >= 0.6 is 34.5 Å². The number of anilines is 1. The largest absolute Gasteiger partial charge is 0.383 e. The number of nitrogens with one attached hydrogen (secondary N) is 1. The van der Waals surface area contributed by atoms with Gasteiger partial charge in [-0.05, 0) is 18.2 Å². The Balaban J connectivity index is 1.37. The van der Waals surface area contributed by atoms with E-state index in [-0.39, 0.29) is 18.5 Å². The van der Waals surface area contributed by atoms with Crippen molar-refractivity contribution in [3.63, 3.8) is 0 Å². The number of ether oxygens (including phenoxy) is 3. The molecule has 0 atom stereocenters. The molecule has 2 aliphatic rings. The number of benzene rings is 1. The number of rotatable bonds is 7. The third kappa shape index (κ3) is 5.99. The summed E-state index contributed by atoms with van der Waals surface area (Å²) in [6.45, 7) is 3.24. The minimum absolute atomic E-state index is 0.126. The van der Waals surface area contributed by atoms with Crippen LogP contribution in [0.15, 0.2) is 23.6 Å². The van der Waals surface area contributed by atoms with Crippen molar-refractivity contribution in [3.8, 4) is 0 Å². The van der Waals surface area contributed by atoms with Gasteiger partial charge in [0.1, 0.15) is 10.7 Å². The highest BCUT2D eigenvalue weighted by molar-refractivity contribution is 7.09. The maximum absolute atomic E-state index is 13.0. The molecule has 1 aromatic heterocycles. The Hall–Kier alpha value is -1.95. The highest BCUT2D eigenvalue weighted by atomic mass is 35.5. The standard InChI is InChI=1S/C22H26Cl2N4O5S/c1-31-9-8-28(21(30)25-15-2-3-16(23)17(24)12-15)13-19-26-18(14-34-19)20(29)27-6-4-22(5-7-27)32-10-11-33-22/h2-3,12,14H,4-11,13H2,1H3,(H,25,30). The Bertz CT molecular complexity index is 1020. The number of methoxy groups -OCH3 is 1. The van der Waals surface area contributed by atoms with Crippen LogP contribution in [0.5, 0.6) is 0 Å². The van der Waals surface area contributed by atoms with E-state index in [0.29, 0.717) is 78.7 Å². The molecule has 1 N–H and O–H groups in total. The van der Waals surface area contributed by atoms with Crippen LogP contribution in [-0.2, 0) is 20.8 Å². The summed E-state index contributed by atoms with van der Waals surface area (Å²) in [6.07, 6.45) is 1.30. The van der Waals surface area contributed by atoms with E-state index in [4.69, 9.17) is 37.4 Å². The van der Waals surface area contributed by atoms with Crippen molar-refractivity contribution >= 4 is 52.2 Å². The van der Waals surface area contributed by atoms with Gasteiger partial charge in [0.2, 0.25) is 0 Å². The lowest BCUT2D eigenvalue weighted by Gasteiger charge is -2.37. The molecule has 9 nitrogen and oxygen atoms in total. The van der Waals surface area contributed by atoms with E-state index in [1.165, 1.54) is 11.3 Å². The molecule has 34 heavy (non-hydrogen) atoms. The van der Waals surface area contributed by atoms with Crippen molar-refractivity contribution in [1.82, 2.24) is 14.8 Å². The molecule has 1 aromatic carbocycles. The predicted octanol–water partition coefficient (Wildman–Crippen LogP) is 4.11. The van der Waals surface area contributed by atoms with E-state index in [1.807, 2.05) is 0 Å². The number of urea groups is 1. The van der Waals surface area contributed by atoms with Gasteiger partial charge in [0.15, 0.2) is 5.79 Å². The van der Waals surface area contributed by atoms with E-state index < -0.39 is 5.79 Å². The first kappa shape index (κ1) is 25.2. The third-order valence-corrected chi connectivity index (χ3v) is 7.32. The smallest absolute Gasteiger partial charge is 0.322 e. The normalized spacial score (nSPS) is 17.2. The first-order valence-electron chi connectivity index (χ1n) is 10.9. The Labute approximate surface area is 211 Å². The highest BCUT2D eigenvalue weighted by Crippen LogP contribution is 2.32. The summed E-state index contributed by atoms with van der Waals surface area (Å²) in [5, 5.41) is 5.95. The molecule has 0 radical (unpaired) electrons. The quantitative estimate of drug-likeness (QED) is 0.581. The lowest BCUT2D eigenvalue weighted by atomic mass is 10.0. The van der Waals surface area contributed by atoms with Crippen LogP contribution in [0, 0.1) is 0 Å². The van der Waals surface area contributed by atoms with Crippen molar-refractivity contribution < 1.29 is 23.8 Å². The number of carbonyl (C=O) groups is 2. The average Bonchev–Trinajstić information content (AvgIpc) is 3.49. The zero-order valence-electron chi connectivity index (χ0n) is 18.7. The zero-order valence-corrected chi connectivity index (χ0v) is 21.0. The second-order valence-electron chi connectivity index (χ2n) is 8.00. The van der Waals surface area contributed by atoms with Gasteiger partial charge in [-0.2, -0.15) is 0 Å². The number of thiazole rings is 1. The van der Waals surface area contributed by atoms with E-state index in [1.54, 1.807) is 40.5 Å². The van der Waals surface area contributed by atoms with Crippen LogP contribution in [0.25, 0.3) is 0 Å². The molecule has 0 aliphatic carbocycles. The van der Waals surface area contributed by atoms with Crippen LogP contribution < -0.4 is 5.32 Å². The fraction of sp³-hybridized carbons (Fsp3) is 0.500. The third-order valence-electron chi connectivity index (χ3n) is 5.75. The molecular weight excluding hydrogens is 503 g/mol. The number of carbonyl (C=O) groups excluding carboxylic acids is 2. The molecule has 4 rings (SSSR count). The maximum Gasteiger partial charge on any atom is 0.322 e. The minimum atomic E-state index is -0.534.